The van der Waals surface area contributed by atoms with Crippen molar-refractivity contribution in [1.82, 2.24) is 0 Å². The molecule has 1 fully saturated rings. The van der Waals surface area contributed by atoms with E-state index in [1.54, 1.807) is 6.07 Å². The van der Waals surface area contributed by atoms with Crippen molar-refractivity contribution in [1.29, 1.82) is 0 Å². The summed E-state index contributed by atoms with van der Waals surface area (Å²) in [6, 6.07) is 5.78. The Morgan fingerprint density at radius 1 is 1.44 bits per heavy atom. The minimum Gasteiger partial charge on any atom is -0.508 e. The summed E-state index contributed by atoms with van der Waals surface area (Å²) >= 11 is 0. The molecule has 0 spiro atoms. The van der Waals surface area contributed by atoms with Crippen molar-refractivity contribution >= 4 is 0 Å². The Balaban J connectivity index is 2.01. The summed E-state index contributed by atoms with van der Waals surface area (Å²) < 4.78 is 5.59. The number of aryl methyl sites for hydroxylation is 1. The lowest BCUT2D eigenvalue weighted by atomic mass is 9.94. The third kappa shape index (κ3) is 2.38. The van der Waals surface area contributed by atoms with Gasteiger partial charge in [0.05, 0.1) is 12.2 Å². The van der Waals surface area contributed by atoms with E-state index in [-0.39, 0.29) is 0 Å². The van der Waals surface area contributed by atoms with Crippen molar-refractivity contribution in [2.24, 2.45) is 5.92 Å². The molecule has 1 saturated heterocycles. The molecular weight excluding hydrogens is 200 g/mol. The van der Waals surface area contributed by atoms with Crippen LogP contribution in [0.5, 0.6) is 5.75 Å². The van der Waals surface area contributed by atoms with E-state index in [1.165, 1.54) is 5.56 Å². The molecule has 1 aromatic carbocycles. The van der Waals surface area contributed by atoms with E-state index in [0.717, 1.165) is 18.4 Å². The maximum atomic E-state index is 9.77. The van der Waals surface area contributed by atoms with Crippen LogP contribution in [0.4, 0.5) is 0 Å². The van der Waals surface area contributed by atoms with E-state index in [9.17, 15) is 5.11 Å². The minimum atomic E-state index is 0.393. The Morgan fingerprint density at radius 3 is 2.81 bits per heavy atom. The molecule has 0 saturated carbocycles. The molecule has 1 N–H and O–H groups in total. The van der Waals surface area contributed by atoms with Gasteiger partial charge in [-0.3, -0.25) is 0 Å². The topological polar surface area (TPSA) is 32.8 Å². The van der Waals surface area contributed by atoms with E-state index in [2.05, 4.69) is 26.8 Å². The van der Waals surface area contributed by atoms with Crippen LogP contribution in [0.1, 0.15) is 31.4 Å². The maximum absolute atomic E-state index is 9.77. The molecule has 0 aliphatic carbocycles. The lowest BCUT2D eigenvalue weighted by Crippen LogP contribution is -2.10. The molecule has 3 atom stereocenters. The van der Waals surface area contributed by atoms with E-state index in [1.807, 2.05) is 6.07 Å². The highest BCUT2D eigenvalue weighted by molar-refractivity contribution is 5.36. The molecule has 1 aliphatic heterocycles. The van der Waals surface area contributed by atoms with Crippen LogP contribution >= 0.6 is 0 Å². The summed E-state index contributed by atoms with van der Waals surface area (Å²) in [4.78, 5) is 0. The Labute approximate surface area is 97.3 Å². The van der Waals surface area contributed by atoms with Gasteiger partial charge in [-0.2, -0.15) is 0 Å². The van der Waals surface area contributed by atoms with Gasteiger partial charge in [-0.05, 0) is 37.3 Å². The van der Waals surface area contributed by atoms with Crippen LogP contribution in [0.25, 0.3) is 0 Å². The maximum Gasteiger partial charge on any atom is 0.118 e. The molecular formula is C14H20O2. The van der Waals surface area contributed by atoms with E-state index < -0.39 is 0 Å². The van der Waals surface area contributed by atoms with Crippen molar-refractivity contribution in [2.75, 3.05) is 0 Å². The molecule has 1 aliphatic rings. The zero-order valence-corrected chi connectivity index (χ0v) is 10.2. The predicted octanol–water partition coefficient (Wildman–Crippen LogP) is 3.06. The van der Waals surface area contributed by atoms with Crippen molar-refractivity contribution in [3.63, 3.8) is 0 Å². The first-order valence-electron chi connectivity index (χ1n) is 6.05. The number of ether oxygens (including phenoxy) is 1. The fourth-order valence-electron chi connectivity index (χ4n) is 2.33. The van der Waals surface area contributed by atoms with Gasteiger partial charge >= 0.3 is 0 Å². The largest absolute Gasteiger partial charge is 0.508 e. The highest BCUT2D eigenvalue weighted by Crippen LogP contribution is 2.34. The van der Waals surface area contributed by atoms with Crippen LogP contribution in [-0.2, 0) is 11.2 Å². The third-order valence-corrected chi connectivity index (χ3v) is 3.36. The molecule has 3 unspecified atom stereocenters. The summed E-state index contributed by atoms with van der Waals surface area (Å²) in [5.74, 6) is 0.892. The Kier molecular flexibility index (Phi) is 3.20. The quantitative estimate of drug-likeness (QED) is 0.791. The van der Waals surface area contributed by atoms with Gasteiger partial charge in [-0.25, -0.2) is 0 Å². The first kappa shape index (κ1) is 11.5. The second kappa shape index (κ2) is 4.46. The number of hydrogen-bond donors (Lipinski definition) is 1. The zero-order chi connectivity index (χ0) is 11.7. The Bertz CT molecular complexity index is 373. The van der Waals surface area contributed by atoms with Crippen LogP contribution in [0, 0.1) is 12.8 Å². The average Bonchev–Trinajstić information content (AvgIpc) is 3.02. The molecule has 1 heterocycles. The fourth-order valence-corrected chi connectivity index (χ4v) is 2.33. The number of benzene rings is 1. The van der Waals surface area contributed by atoms with Gasteiger partial charge in [-0.15, -0.1) is 0 Å². The summed E-state index contributed by atoms with van der Waals surface area (Å²) in [7, 11) is 0. The molecule has 2 nitrogen and oxygen atoms in total. The smallest absolute Gasteiger partial charge is 0.118 e. The Hall–Kier alpha value is -1.02. The normalized spacial score (nSPS) is 25.4. The van der Waals surface area contributed by atoms with Crippen LogP contribution in [0.15, 0.2) is 18.2 Å². The van der Waals surface area contributed by atoms with Crippen molar-refractivity contribution < 1.29 is 9.84 Å². The number of aromatic hydroxyl groups is 1. The van der Waals surface area contributed by atoms with Crippen LogP contribution in [0.2, 0.25) is 0 Å². The number of epoxide rings is 1. The molecule has 88 valence electrons. The Morgan fingerprint density at radius 2 is 2.19 bits per heavy atom. The number of phenols is 1. The van der Waals surface area contributed by atoms with Crippen molar-refractivity contribution in [3.8, 4) is 5.75 Å². The molecule has 0 amide bonds. The lowest BCUT2D eigenvalue weighted by molar-refractivity contribution is 0.321. The first-order valence-corrected chi connectivity index (χ1v) is 6.05. The van der Waals surface area contributed by atoms with Crippen LogP contribution in [-0.4, -0.2) is 17.3 Å². The zero-order valence-electron chi connectivity index (χ0n) is 10.2. The minimum absolute atomic E-state index is 0.393. The SMILES string of the molecule is CCC1OC1C(C)Cc1cc(C)ccc1O. The fraction of sp³-hybridized carbons (Fsp3) is 0.571. The average molecular weight is 220 g/mol. The summed E-state index contributed by atoms with van der Waals surface area (Å²) in [5, 5.41) is 9.77. The van der Waals surface area contributed by atoms with Crippen molar-refractivity contribution in [3.05, 3.63) is 29.3 Å². The summed E-state index contributed by atoms with van der Waals surface area (Å²) in [6.45, 7) is 6.40. The third-order valence-electron chi connectivity index (χ3n) is 3.36. The molecule has 2 rings (SSSR count). The molecule has 0 aromatic heterocycles. The highest BCUT2D eigenvalue weighted by Gasteiger charge is 2.41. The summed E-state index contributed by atoms with van der Waals surface area (Å²) in [6.07, 6.45) is 2.83. The lowest BCUT2D eigenvalue weighted by Gasteiger charge is -2.10. The van der Waals surface area contributed by atoms with E-state index >= 15 is 0 Å². The van der Waals surface area contributed by atoms with Gasteiger partial charge in [0.25, 0.3) is 0 Å². The van der Waals surface area contributed by atoms with Gasteiger partial charge in [0.15, 0.2) is 0 Å². The monoisotopic (exact) mass is 220 g/mol. The van der Waals surface area contributed by atoms with Gasteiger partial charge in [0, 0.05) is 0 Å². The first-order chi connectivity index (χ1) is 7.61. The second-order valence-electron chi connectivity index (χ2n) is 4.86. The number of rotatable bonds is 4. The van der Waals surface area contributed by atoms with Crippen molar-refractivity contribution in [2.45, 2.75) is 45.8 Å². The van der Waals surface area contributed by atoms with E-state index in [4.69, 9.17) is 4.74 Å². The molecule has 0 radical (unpaired) electrons. The number of hydrogen-bond acceptors (Lipinski definition) is 2. The van der Waals surface area contributed by atoms with Gasteiger partial charge < -0.3 is 9.84 Å². The molecule has 0 bridgehead atoms. The van der Waals surface area contributed by atoms with Crippen LogP contribution in [0.3, 0.4) is 0 Å². The van der Waals surface area contributed by atoms with Crippen LogP contribution < -0.4 is 0 Å². The molecule has 16 heavy (non-hydrogen) atoms. The molecule has 1 aromatic rings. The number of phenolic OH excluding ortho intramolecular Hbond substituents is 1. The van der Waals surface area contributed by atoms with Gasteiger partial charge in [-0.1, -0.05) is 31.5 Å². The van der Waals surface area contributed by atoms with Gasteiger partial charge in [0.1, 0.15) is 5.75 Å². The highest BCUT2D eigenvalue weighted by atomic mass is 16.6. The standard InChI is InChI=1S/C14H20O2/c1-4-13-14(16-13)10(3)8-11-7-9(2)5-6-12(11)15/h5-7,10,13-15H,4,8H2,1-3H3. The second-order valence-corrected chi connectivity index (χ2v) is 4.86. The predicted molar refractivity (Wildman–Crippen MR) is 64.7 cm³/mol. The van der Waals surface area contributed by atoms with Gasteiger partial charge in [0.2, 0.25) is 0 Å². The van der Waals surface area contributed by atoms with E-state index in [0.29, 0.717) is 23.9 Å². The molecule has 2 heteroatoms. The summed E-state index contributed by atoms with van der Waals surface area (Å²) in [5.41, 5.74) is 2.24.